The summed E-state index contributed by atoms with van der Waals surface area (Å²) >= 11 is 0. The molecular formula is C13H25NO3. The molecule has 0 spiro atoms. The van der Waals surface area contributed by atoms with Gasteiger partial charge in [0, 0.05) is 19.7 Å². The minimum absolute atomic E-state index is 0.152. The number of amides is 1. The van der Waals surface area contributed by atoms with E-state index < -0.39 is 5.60 Å². The molecule has 1 saturated heterocycles. The first-order valence-electron chi connectivity index (χ1n) is 6.63. The fourth-order valence-corrected chi connectivity index (χ4v) is 2.08. The predicted molar refractivity (Wildman–Crippen MR) is 66.8 cm³/mol. The lowest BCUT2D eigenvalue weighted by Gasteiger charge is -2.22. The Labute approximate surface area is 104 Å². The van der Waals surface area contributed by atoms with E-state index in [0.717, 1.165) is 32.4 Å². The van der Waals surface area contributed by atoms with Crippen molar-refractivity contribution in [1.82, 2.24) is 4.90 Å². The maximum absolute atomic E-state index is 11.9. The van der Waals surface area contributed by atoms with Crippen LogP contribution < -0.4 is 0 Å². The number of aliphatic hydroxyl groups is 1. The van der Waals surface area contributed by atoms with Crippen LogP contribution in [0.5, 0.6) is 0 Å². The summed E-state index contributed by atoms with van der Waals surface area (Å²) < 4.78 is 5.32. The van der Waals surface area contributed by atoms with Gasteiger partial charge < -0.3 is 14.7 Å². The smallest absolute Gasteiger partial charge is 0.224 e. The predicted octanol–water partition coefficient (Wildman–Crippen LogP) is 1.57. The van der Waals surface area contributed by atoms with Crippen LogP contribution in [-0.4, -0.2) is 47.8 Å². The minimum Gasteiger partial charge on any atom is -0.390 e. The first kappa shape index (κ1) is 14.5. The van der Waals surface area contributed by atoms with Gasteiger partial charge in [0.15, 0.2) is 0 Å². The Morgan fingerprint density at radius 2 is 2.12 bits per heavy atom. The molecule has 0 aromatic heterocycles. The Balaban J connectivity index is 2.27. The number of ether oxygens (including phenoxy) is 1. The molecule has 0 aliphatic carbocycles. The summed E-state index contributed by atoms with van der Waals surface area (Å²) in [5.74, 6) is 0.152. The van der Waals surface area contributed by atoms with Gasteiger partial charge in [0.05, 0.1) is 18.6 Å². The van der Waals surface area contributed by atoms with Crippen LogP contribution in [0.4, 0.5) is 0 Å². The van der Waals surface area contributed by atoms with Crippen molar-refractivity contribution in [2.24, 2.45) is 0 Å². The van der Waals surface area contributed by atoms with Gasteiger partial charge in [-0.2, -0.15) is 0 Å². The summed E-state index contributed by atoms with van der Waals surface area (Å²) in [6.07, 6.45) is 3.79. The molecule has 1 fully saturated rings. The van der Waals surface area contributed by atoms with Gasteiger partial charge in [-0.05, 0) is 32.6 Å². The second-order valence-electron chi connectivity index (χ2n) is 5.09. The number of likely N-dealkylation sites (tertiary alicyclic amines) is 1. The van der Waals surface area contributed by atoms with Crippen molar-refractivity contribution in [2.75, 3.05) is 26.3 Å². The quantitative estimate of drug-likeness (QED) is 0.746. The van der Waals surface area contributed by atoms with Gasteiger partial charge in [-0.3, -0.25) is 4.79 Å². The van der Waals surface area contributed by atoms with Crippen LogP contribution >= 0.6 is 0 Å². The Bertz CT molecular complexity index is 241. The summed E-state index contributed by atoms with van der Waals surface area (Å²) in [5, 5.41) is 9.94. The van der Waals surface area contributed by atoms with Crippen LogP contribution in [0.2, 0.25) is 0 Å². The average molecular weight is 243 g/mol. The Morgan fingerprint density at radius 1 is 1.35 bits per heavy atom. The molecule has 100 valence electrons. The first-order chi connectivity index (χ1) is 8.05. The van der Waals surface area contributed by atoms with Gasteiger partial charge in [0.25, 0.3) is 0 Å². The lowest BCUT2D eigenvalue weighted by Crippen LogP contribution is -2.34. The van der Waals surface area contributed by atoms with E-state index in [2.05, 4.69) is 6.92 Å². The highest BCUT2D eigenvalue weighted by atomic mass is 16.5. The number of nitrogens with zero attached hydrogens (tertiary/aromatic N) is 1. The minimum atomic E-state index is -0.603. The fourth-order valence-electron chi connectivity index (χ4n) is 2.08. The molecule has 0 saturated carbocycles. The van der Waals surface area contributed by atoms with Gasteiger partial charge in [-0.15, -0.1) is 0 Å². The second-order valence-corrected chi connectivity index (χ2v) is 5.09. The monoisotopic (exact) mass is 243 g/mol. The van der Waals surface area contributed by atoms with E-state index in [1.165, 1.54) is 0 Å². The maximum Gasteiger partial charge on any atom is 0.224 e. The van der Waals surface area contributed by atoms with E-state index in [9.17, 15) is 9.90 Å². The number of hydrogen-bond acceptors (Lipinski definition) is 3. The molecule has 0 aromatic rings. The third kappa shape index (κ3) is 5.50. The molecular weight excluding hydrogens is 218 g/mol. The number of carbonyl (C=O) groups excluding carboxylic acids is 1. The highest BCUT2D eigenvalue weighted by molar-refractivity contribution is 5.76. The molecule has 1 aliphatic heterocycles. The van der Waals surface area contributed by atoms with Crippen molar-refractivity contribution < 1.29 is 14.6 Å². The molecule has 1 atom stereocenters. The van der Waals surface area contributed by atoms with Crippen LogP contribution in [0.15, 0.2) is 0 Å². The zero-order chi connectivity index (χ0) is 12.7. The molecule has 1 aliphatic rings. The SMILES string of the molecule is CCCOCCC(=O)N1CCCC(C)(O)CC1. The number of rotatable bonds is 5. The third-order valence-electron chi connectivity index (χ3n) is 3.23. The van der Waals surface area contributed by atoms with E-state index in [1.807, 2.05) is 11.8 Å². The van der Waals surface area contributed by atoms with Crippen molar-refractivity contribution in [2.45, 2.75) is 51.6 Å². The van der Waals surface area contributed by atoms with Gasteiger partial charge in [0.1, 0.15) is 0 Å². The molecule has 0 aromatic carbocycles. The zero-order valence-corrected chi connectivity index (χ0v) is 11.1. The Morgan fingerprint density at radius 3 is 2.82 bits per heavy atom. The highest BCUT2D eigenvalue weighted by Gasteiger charge is 2.26. The molecule has 4 nitrogen and oxygen atoms in total. The lowest BCUT2D eigenvalue weighted by molar-refractivity contribution is -0.132. The van der Waals surface area contributed by atoms with Gasteiger partial charge in [-0.1, -0.05) is 6.92 Å². The van der Waals surface area contributed by atoms with E-state index in [-0.39, 0.29) is 5.91 Å². The van der Waals surface area contributed by atoms with Crippen molar-refractivity contribution in [1.29, 1.82) is 0 Å². The molecule has 1 amide bonds. The normalized spacial score (nSPS) is 25.7. The highest BCUT2D eigenvalue weighted by Crippen LogP contribution is 2.21. The molecule has 1 heterocycles. The molecule has 1 N–H and O–H groups in total. The largest absolute Gasteiger partial charge is 0.390 e. The van der Waals surface area contributed by atoms with E-state index in [0.29, 0.717) is 26.0 Å². The average Bonchev–Trinajstić information content (AvgIpc) is 2.45. The number of carbonyl (C=O) groups is 1. The summed E-state index contributed by atoms with van der Waals surface area (Å²) in [6.45, 7) is 6.58. The summed E-state index contributed by atoms with van der Waals surface area (Å²) in [7, 11) is 0. The Hall–Kier alpha value is -0.610. The van der Waals surface area contributed by atoms with Crippen molar-refractivity contribution in [3.8, 4) is 0 Å². The molecule has 1 unspecified atom stereocenters. The molecule has 0 radical (unpaired) electrons. The molecule has 0 bridgehead atoms. The van der Waals surface area contributed by atoms with Crippen LogP contribution in [0.3, 0.4) is 0 Å². The maximum atomic E-state index is 11.9. The lowest BCUT2D eigenvalue weighted by atomic mass is 9.98. The van der Waals surface area contributed by atoms with Crippen LogP contribution in [0.1, 0.15) is 46.0 Å². The first-order valence-corrected chi connectivity index (χ1v) is 6.63. The van der Waals surface area contributed by atoms with Gasteiger partial charge in [-0.25, -0.2) is 0 Å². The zero-order valence-electron chi connectivity index (χ0n) is 11.1. The number of hydrogen-bond donors (Lipinski definition) is 1. The van der Waals surface area contributed by atoms with Crippen molar-refractivity contribution in [3.63, 3.8) is 0 Å². The summed E-state index contributed by atoms with van der Waals surface area (Å²) in [6, 6.07) is 0. The van der Waals surface area contributed by atoms with Crippen molar-refractivity contribution >= 4 is 5.91 Å². The van der Waals surface area contributed by atoms with Gasteiger partial charge >= 0.3 is 0 Å². The summed E-state index contributed by atoms with van der Waals surface area (Å²) in [4.78, 5) is 13.7. The van der Waals surface area contributed by atoms with E-state index in [4.69, 9.17) is 4.74 Å². The summed E-state index contributed by atoms with van der Waals surface area (Å²) in [5.41, 5.74) is -0.603. The topological polar surface area (TPSA) is 49.8 Å². The van der Waals surface area contributed by atoms with Crippen LogP contribution in [0.25, 0.3) is 0 Å². The van der Waals surface area contributed by atoms with E-state index in [1.54, 1.807) is 0 Å². The fraction of sp³-hybridized carbons (Fsp3) is 0.923. The van der Waals surface area contributed by atoms with Crippen LogP contribution in [0, 0.1) is 0 Å². The van der Waals surface area contributed by atoms with E-state index >= 15 is 0 Å². The standard InChI is InChI=1S/C13H25NO3/c1-3-10-17-11-5-12(15)14-8-4-6-13(2,16)7-9-14/h16H,3-11H2,1-2H3. The molecule has 4 heteroatoms. The Kier molecular flexibility index (Phi) is 5.92. The molecule has 1 rings (SSSR count). The van der Waals surface area contributed by atoms with Crippen molar-refractivity contribution in [3.05, 3.63) is 0 Å². The van der Waals surface area contributed by atoms with Gasteiger partial charge in [0.2, 0.25) is 5.91 Å². The second kappa shape index (κ2) is 6.97. The van der Waals surface area contributed by atoms with Crippen LogP contribution in [-0.2, 0) is 9.53 Å². The molecule has 17 heavy (non-hydrogen) atoms. The third-order valence-corrected chi connectivity index (χ3v) is 3.23.